The number of carbonyl (C=O) groups excluding carboxylic acids is 2. The normalized spacial score (nSPS) is 19.0. The molecule has 3 N–H and O–H groups in total. The lowest BCUT2D eigenvalue weighted by Gasteiger charge is -2.35. The zero-order chi connectivity index (χ0) is 23.5. The van der Waals surface area contributed by atoms with Crippen LogP contribution in [0.2, 0.25) is 0 Å². The number of halogens is 3. The number of primary amides is 1. The molecule has 0 radical (unpaired) electrons. The first-order valence-electron chi connectivity index (χ1n) is 10.5. The molecule has 32 heavy (non-hydrogen) atoms. The minimum atomic E-state index is -4.66. The lowest BCUT2D eigenvalue weighted by Crippen LogP contribution is -2.49. The number of hydrogen-bond donors (Lipinski definition) is 2. The van der Waals surface area contributed by atoms with E-state index in [0.717, 1.165) is 25.0 Å². The molecule has 9 nitrogen and oxygen atoms in total. The molecular weight excluding hydrogens is 431 g/mol. The number of rotatable bonds is 6. The Morgan fingerprint density at radius 3 is 2.28 bits per heavy atom. The Morgan fingerprint density at radius 1 is 1.12 bits per heavy atom. The third kappa shape index (κ3) is 5.87. The monoisotopic (exact) mass is 457 g/mol. The van der Waals surface area contributed by atoms with Crippen LogP contribution < -0.4 is 16.0 Å². The van der Waals surface area contributed by atoms with Crippen molar-refractivity contribution >= 4 is 23.2 Å². The summed E-state index contributed by atoms with van der Waals surface area (Å²) in [5.41, 5.74) is 3.67. The molecular formula is C20H26F3N5O4. The number of nitro groups is 1. The van der Waals surface area contributed by atoms with E-state index in [1.807, 2.05) is 4.90 Å². The Morgan fingerprint density at radius 2 is 1.75 bits per heavy atom. The molecule has 0 aliphatic carbocycles. The number of benzene rings is 1. The highest BCUT2D eigenvalue weighted by Gasteiger charge is 2.35. The number of nitrogens with one attached hydrogen (secondary N) is 1. The highest BCUT2D eigenvalue weighted by Crippen LogP contribution is 2.37. The Balaban J connectivity index is 1.54. The fourth-order valence-electron chi connectivity index (χ4n) is 4.27. The minimum absolute atomic E-state index is 0.0145. The molecule has 0 unspecified atom stereocenters. The Bertz CT molecular complexity index is 863. The molecule has 2 aliphatic heterocycles. The van der Waals surface area contributed by atoms with Crippen LogP contribution in [-0.4, -0.2) is 60.4 Å². The summed E-state index contributed by atoms with van der Waals surface area (Å²) in [5.74, 6) is -0.726. The van der Waals surface area contributed by atoms with Gasteiger partial charge in [0.25, 0.3) is 5.69 Å². The predicted octanol–water partition coefficient (Wildman–Crippen LogP) is 1.90. The van der Waals surface area contributed by atoms with E-state index in [1.54, 1.807) is 4.90 Å². The van der Waals surface area contributed by atoms with E-state index in [2.05, 4.69) is 5.32 Å². The second-order valence-electron chi connectivity index (χ2n) is 8.25. The summed E-state index contributed by atoms with van der Waals surface area (Å²) in [6.07, 6.45) is -2.33. The summed E-state index contributed by atoms with van der Waals surface area (Å²) in [6, 6.07) is 2.53. The standard InChI is InChI=1S/C20H26F3N5O4/c21-20(22,23)14-1-2-16(17(11-14)28(31)32)27-9-3-13(4-10-27)19(30)25-15-5-7-26(8-6-15)12-18(24)29/h1-2,11,13,15H,3-10,12H2,(H2,24,29)(H,25,30). The summed E-state index contributed by atoms with van der Waals surface area (Å²) >= 11 is 0. The molecule has 0 aromatic heterocycles. The van der Waals surface area contributed by atoms with E-state index in [0.29, 0.717) is 45.1 Å². The van der Waals surface area contributed by atoms with E-state index in [-0.39, 0.29) is 36.0 Å². The van der Waals surface area contributed by atoms with Gasteiger partial charge in [-0.05, 0) is 37.8 Å². The maximum absolute atomic E-state index is 12.9. The molecule has 0 atom stereocenters. The van der Waals surface area contributed by atoms with Crippen LogP contribution in [0.15, 0.2) is 18.2 Å². The van der Waals surface area contributed by atoms with E-state index in [9.17, 15) is 32.9 Å². The molecule has 3 rings (SSSR count). The topological polar surface area (TPSA) is 122 Å². The second-order valence-corrected chi connectivity index (χ2v) is 8.25. The van der Waals surface area contributed by atoms with Crippen LogP contribution in [0.1, 0.15) is 31.2 Å². The quantitative estimate of drug-likeness (QED) is 0.497. The Kier molecular flexibility index (Phi) is 7.22. The molecule has 2 saturated heterocycles. The summed E-state index contributed by atoms with van der Waals surface area (Å²) in [5, 5.41) is 14.4. The molecule has 2 aliphatic rings. The van der Waals surface area contributed by atoms with Crippen molar-refractivity contribution in [3.8, 4) is 0 Å². The van der Waals surface area contributed by atoms with Crippen molar-refractivity contribution in [1.29, 1.82) is 0 Å². The summed E-state index contributed by atoms with van der Waals surface area (Å²) in [7, 11) is 0. The number of nitro benzene ring substituents is 1. The summed E-state index contributed by atoms with van der Waals surface area (Å²) in [6.45, 7) is 2.21. The first-order chi connectivity index (χ1) is 15.0. The van der Waals surface area contributed by atoms with Crippen LogP contribution in [0.25, 0.3) is 0 Å². The van der Waals surface area contributed by atoms with Crippen LogP contribution in [0, 0.1) is 16.0 Å². The van der Waals surface area contributed by atoms with Crippen molar-refractivity contribution in [2.24, 2.45) is 11.7 Å². The lowest BCUT2D eigenvalue weighted by molar-refractivity contribution is -0.384. The van der Waals surface area contributed by atoms with Gasteiger partial charge in [-0.15, -0.1) is 0 Å². The van der Waals surface area contributed by atoms with Crippen LogP contribution in [0.3, 0.4) is 0 Å². The number of hydrogen-bond acceptors (Lipinski definition) is 6. The summed E-state index contributed by atoms with van der Waals surface area (Å²) in [4.78, 5) is 37.8. The lowest BCUT2D eigenvalue weighted by atomic mass is 9.94. The van der Waals surface area contributed by atoms with Crippen LogP contribution in [-0.2, 0) is 15.8 Å². The number of piperidine rings is 2. The smallest absolute Gasteiger partial charge is 0.369 e. The van der Waals surface area contributed by atoms with Crippen molar-refractivity contribution in [2.75, 3.05) is 37.6 Å². The number of nitrogens with two attached hydrogens (primary N) is 1. The van der Waals surface area contributed by atoms with Gasteiger partial charge in [0.15, 0.2) is 0 Å². The first kappa shape index (κ1) is 23.8. The summed E-state index contributed by atoms with van der Waals surface area (Å²) < 4.78 is 38.7. The number of likely N-dealkylation sites (tertiary alicyclic amines) is 1. The predicted molar refractivity (Wildman–Crippen MR) is 110 cm³/mol. The number of nitrogens with zero attached hydrogens (tertiary/aromatic N) is 3. The molecule has 1 aromatic carbocycles. The average molecular weight is 457 g/mol. The van der Waals surface area contributed by atoms with E-state index >= 15 is 0 Å². The minimum Gasteiger partial charge on any atom is -0.369 e. The number of carbonyl (C=O) groups is 2. The van der Waals surface area contributed by atoms with Gasteiger partial charge in [-0.1, -0.05) is 0 Å². The molecule has 2 heterocycles. The number of amides is 2. The number of alkyl halides is 3. The first-order valence-corrected chi connectivity index (χ1v) is 10.5. The molecule has 0 bridgehead atoms. The SMILES string of the molecule is NC(=O)CN1CCC(NC(=O)C2CCN(c3ccc(C(F)(F)F)cc3[N+](=O)[O-])CC2)CC1. The van der Waals surface area contributed by atoms with Gasteiger partial charge < -0.3 is 16.0 Å². The van der Waals surface area contributed by atoms with Gasteiger partial charge in [0.1, 0.15) is 5.69 Å². The largest absolute Gasteiger partial charge is 0.416 e. The van der Waals surface area contributed by atoms with E-state index in [4.69, 9.17) is 5.73 Å². The van der Waals surface area contributed by atoms with E-state index in [1.165, 1.54) is 0 Å². The van der Waals surface area contributed by atoms with Gasteiger partial charge in [-0.3, -0.25) is 24.6 Å². The van der Waals surface area contributed by atoms with Crippen molar-refractivity contribution in [1.82, 2.24) is 10.2 Å². The zero-order valence-corrected chi connectivity index (χ0v) is 17.4. The van der Waals surface area contributed by atoms with Crippen molar-refractivity contribution in [3.63, 3.8) is 0 Å². The van der Waals surface area contributed by atoms with Crippen molar-refractivity contribution in [3.05, 3.63) is 33.9 Å². The maximum Gasteiger partial charge on any atom is 0.416 e. The fourth-order valence-corrected chi connectivity index (χ4v) is 4.27. The van der Waals surface area contributed by atoms with Gasteiger partial charge in [-0.25, -0.2) is 0 Å². The third-order valence-electron chi connectivity index (χ3n) is 6.02. The molecule has 12 heteroatoms. The highest BCUT2D eigenvalue weighted by atomic mass is 19.4. The molecule has 0 spiro atoms. The zero-order valence-electron chi connectivity index (χ0n) is 17.4. The molecule has 2 amide bonds. The second kappa shape index (κ2) is 9.72. The molecule has 2 fully saturated rings. The maximum atomic E-state index is 12.9. The third-order valence-corrected chi connectivity index (χ3v) is 6.02. The fraction of sp³-hybridized carbons (Fsp3) is 0.600. The molecule has 176 valence electrons. The van der Waals surface area contributed by atoms with Gasteiger partial charge in [-0.2, -0.15) is 13.2 Å². The van der Waals surface area contributed by atoms with Gasteiger partial charge in [0.2, 0.25) is 11.8 Å². The van der Waals surface area contributed by atoms with Gasteiger partial charge >= 0.3 is 6.18 Å². The highest BCUT2D eigenvalue weighted by molar-refractivity contribution is 5.79. The Labute approximate surface area is 182 Å². The van der Waals surface area contributed by atoms with Crippen molar-refractivity contribution < 1.29 is 27.7 Å². The van der Waals surface area contributed by atoms with Crippen molar-refractivity contribution in [2.45, 2.75) is 37.9 Å². The van der Waals surface area contributed by atoms with Gasteiger partial charge in [0, 0.05) is 44.2 Å². The Hall–Kier alpha value is -2.89. The van der Waals surface area contributed by atoms with Crippen LogP contribution >= 0.6 is 0 Å². The average Bonchev–Trinajstić information content (AvgIpc) is 2.73. The van der Waals surface area contributed by atoms with Crippen LogP contribution in [0.4, 0.5) is 24.5 Å². The van der Waals surface area contributed by atoms with Crippen LogP contribution in [0.5, 0.6) is 0 Å². The number of anilines is 1. The molecule has 1 aromatic rings. The van der Waals surface area contributed by atoms with E-state index < -0.39 is 22.4 Å². The van der Waals surface area contributed by atoms with Gasteiger partial charge in [0.05, 0.1) is 17.0 Å². The molecule has 0 saturated carbocycles.